The van der Waals surface area contributed by atoms with E-state index >= 15 is 0 Å². The Morgan fingerprint density at radius 1 is 0.917 bits per heavy atom. The van der Waals surface area contributed by atoms with E-state index in [1.807, 2.05) is 0 Å². The van der Waals surface area contributed by atoms with E-state index in [-0.39, 0.29) is 12.1 Å². The number of hydrogen-bond acceptors (Lipinski definition) is 4. The fourth-order valence-corrected chi connectivity index (χ4v) is 2.04. The quantitative estimate of drug-likeness (QED) is 0.546. The lowest BCUT2D eigenvalue weighted by atomic mass is 9.91. The summed E-state index contributed by atoms with van der Waals surface area (Å²) in [5, 5.41) is 18.0. The normalized spacial score (nSPS) is 31.5. The van der Waals surface area contributed by atoms with Crippen LogP contribution >= 0.6 is 23.6 Å². The van der Waals surface area contributed by atoms with Gasteiger partial charge in [-0.1, -0.05) is 22.0 Å². The second-order valence-corrected chi connectivity index (χ2v) is 3.69. The summed E-state index contributed by atoms with van der Waals surface area (Å²) in [6.45, 7) is 0. The summed E-state index contributed by atoms with van der Waals surface area (Å²) in [5.41, 5.74) is 0. The summed E-state index contributed by atoms with van der Waals surface area (Å²) >= 11 is 10.8. The van der Waals surface area contributed by atoms with Crippen LogP contribution < -0.4 is 0 Å². The Bertz CT molecular complexity index is 130. The molecule has 1 fully saturated rings. The molecule has 1 saturated carbocycles. The lowest BCUT2D eigenvalue weighted by Gasteiger charge is -2.34. The molecule has 0 radical (unpaired) electrons. The largest absolute Gasteiger partial charge is 0.298 e. The molecule has 0 aromatic rings. The van der Waals surface area contributed by atoms with Gasteiger partial charge in [0, 0.05) is 23.6 Å². The molecule has 0 aromatic carbocycles. The van der Waals surface area contributed by atoms with Gasteiger partial charge in [0.2, 0.25) is 0 Å². The Labute approximate surface area is 81.4 Å². The monoisotopic (exact) mass is 214 g/mol. The minimum Gasteiger partial charge on any atom is -0.298 e. The minimum atomic E-state index is -0.289. The van der Waals surface area contributed by atoms with E-state index in [1.165, 1.54) is 0 Å². The molecule has 72 valence electrons. The topological polar surface area (TPSA) is 46.9 Å². The fraction of sp³-hybridized carbons (Fsp3) is 1.00. The molecule has 0 saturated heterocycles. The van der Waals surface area contributed by atoms with Gasteiger partial charge in [0.05, 0.1) is 12.1 Å². The van der Waals surface area contributed by atoms with E-state index in [0.717, 1.165) is 25.7 Å². The van der Waals surface area contributed by atoms with Crippen LogP contribution in [0.4, 0.5) is 0 Å². The molecule has 6 heteroatoms. The Kier molecular flexibility index (Phi) is 4.02. The first kappa shape index (κ1) is 10.5. The van der Waals surface area contributed by atoms with Gasteiger partial charge < -0.3 is 0 Å². The summed E-state index contributed by atoms with van der Waals surface area (Å²) in [7, 11) is 0. The van der Waals surface area contributed by atoms with Crippen LogP contribution in [-0.2, 0) is 0 Å². The number of nitrogens with zero attached hydrogens (tertiary/aromatic N) is 2. The van der Waals surface area contributed by atoms with Crippen molar-refractivity contribution in [3.8, 4) is 0 Å². The second kappa shape index (κ2) is 4.60. The summed E-state index contributed by atoms with van der Waals surface area (Å²) in [4.78, 5) is 0. The van der Waals surface area contributed by atoms with Crippen molar-refractivity contribution >= 4 is 23.6 Å². The van der Waals surface area contributed by atoms with E-state index in [4.69, 9.17) is 34.0 Å². The molecule has 0 heterocycles. The molecule has 1 rings (SSSR count). The van der Waals surface area contributed by atoms with Crippen LogP contribution in [0.15, 0.2) is 0 Å². The van der Waals surface area contributed by atoms with Gasteiger partial charge in [-0.05, 0) is 12.8 Å². The Morgan fingerprint density at radius 3 is 1.50 bits per heavy atom. The molecular weight excluding hydrogens is 203 g/mol. The van der Waals surface area contributed by atoms with Gasteiger partial charge in [-0.2, -0.15) is 0 Å². The number of hydroxylamine groups is 2. The molecule has 1 aliphatic rings. The first-order valence-corrected chi connectivity index (χ1v) is 4.58. The van der Waals surface area contributed by atoms with Crippen molar-refractivity contribution in [3.05, 3.63) is 0 Å². The molecule has 2 atom stereocenters. The lowest BCUT2D eigenvalue weighted by molar-refractivity contribution is -0.122. The van der Waals surface area contributed by atoms with Gasteiger partial charge in [-0.3, -0.25) is 10.4 Å². The zero-order valence-corrected chi connectivity index (χ0v) is 8.04. The lowest BCUT2D eigenvalue weighted by Crippen LogP contribution is -2.45. The Hall–Kier alpha value is 0.420. The zero-order chi connectivity index (χ0) is 9.14. The van der Waals surface area contributed by atoms with Gasteiger partial charge in [0.25, 0.3) is 0 Å². The smallest absolute Gasteiger partial charge is 0.0710 e. The van der Waals surface area contributed by atoms with Crippen LogP contribution in [0.2, 0.25) is 0 Å². The van der Waals surface area contributed by atoms with Crippen LogP contribution in [0.1, 0.15) is 25.7 Å². The summed E-state index contributed by atoms with van der Waals surface area (Å²) in [5.74, 6) is 0. The first-order chi connectivity index (χ1) is 5.63. The Morgan fingerprint density at radius 2 is 1.25 bits per heavy atom. The van der Waals surface area contributed by atoms with E-state index < -0.39 is 0 Å². The molecule has 0 amide bonds. The predicted molar refractivity (Wildman–Crippen MR) is 45.0 cm³/mol. The predicted octanol–water partition coefficient (Wildman–Crippen LogP) is 1.99. The molecule has 12 heavy (non-hydrogen) atoms. The van der Waals surface area contributed by atoms with Gasteiger partial charge in [-0.15, -0.1) is 0 Å². The molecule has 0 spiro atoms. The third-order valence-electron chi connectivity index (χ3n) is 2.24. The third-order valence-corrected chi connectivity index (χ3v) is 2.74. The van der Waals surface area contributed by atoms with Gasteiger partial charge in [-0.25, -0.2) is 0 Å². The van der Waals surface area contributed by atoms with Crippen LogP contribution in [0.3, 0.4) is 0 Å². The van der Waals surface area contributed by atoms with E-state index in [0.29, 0.717) is 9.16 Å². The highest BCUT2D eigenvalue weighted by Gasteiger charge is 2.32. The van der Waals surface area contributed by atoms with E-state index in [9.17, 15) is 0 Å². The Balaban J connectivity index is 2.54. The SMILES string of the molecule is ON(Cl)[C@@H]1CCCC[C@H]1N(O)Cl. The maximum atomic E-state index is 9.00. The molecule has 0 aliphatic heterocycles. The van der Waals surface area contributed by atoms with Crippen molar-refractivity contribution in [2.45, 2.75) is 37.8 Å². The molecule has 4 nitrogen and oxygen atoms in total. The van der Waals surface area contributed by atoms with Crippen molar-refractivity contribution in [1.82, 2.24) is 9.16 Å². The second-order valence-electron chi connectivity index (χ2n) is 3.00. The summed E-state index contributed by atoms with van der Waals surface area (Å²) in [6.07, 6.45) is 3.48. The maximum absolute atomic E-state index is 9.00. The molecule has 0 bridgehead atoms. The average Bonchev–Trinajstić information content (AvgIpc) is 2.04. The highest BCUT2D eigenvalue weighted by molar-refractivity contribution is 6.13. The molecular formula is C6H12Cl2N2O2. The average molecular weight is 215 g/mol. The van der Waals surface area contributed by atoms with Crippen LogP contribution in [-0.4, -0.2) is 31.7 Å². The van der Waals surface area contributed by atoms with Crippen molar-refractivity contribution < 1.29 is 10.4 Å². The van der Waals surface area contributed by atoms with Gasteiger partial charge >= 0.3 is 0 Å². The van der Waals surface area contributed by atoms with Crippen molar-refractivity contribution in [2.75, 3.05) is 0 Å². The third kappa shape index (κ3) is 2.45. The fourth-order valence-electron chi connectivity index (χ4n) is 1.59. The zero-order valence-electron chi connectivity index (χ0n) is 6.53. The van der Waals surface area contributed by atoms with Crippen LogP contribution in [0.5, 0.6) is 0 Å². The molecule has 0 aromatic heterocycles. The maximum Gasteiger partial charge on any atom is 0.0710 e. The molecule has 2 N–H and O–H groups in total. The standard InChI is InChI=1S/C6H12Cl2N2O2/c7-9(11)5-3-1-2-4-6(5)10(8)12/h5-6,11-12H,1-4H2/t5-,6-/m1/s1. The van der Waals surface area contributed by atoms with E-state index in [2.05, 4.69) is 0 Å². The van der Waals surface area contributed by atoms with E-state index in [1.54, 1.807) is 0 Å². The van der Waals surface area contributed by atoms with Gasteiger partial charge in [0.1, 0.15) is 0 Å². The number of halogens is 2. The number of rotatable bonds is 2. The van der Waals surface area contributed by atoms with Crippen LogP contribution in [0.25, 0.3) is 0 Å². The van der Waals surface area contributed by atoms with Crippen LogP contribution in [0, 0.1) is 0 Å². The van der Waals surface area contributed by atoms with Crippen molar-refractivity contribution in [2.24, 2.45) is 0 Å². The number of hydrogen-bond donors (Lipinski definition) is 2. The minimum absolute atomic E-state index is 0.289. The summed E-state index contributed by atoms with van der Waals surface area (Å²) < 4.78 is 1.21. The first-order valence-electron chi connectivity index (χ1n) is 3.90. The van der Waals surface area contributed by atoms with Crippen molar-refractivity contribution in [1.29, 1.82) is 0 Å². The highest BCUT2D eigenvalue weighted by atomic mass is 35.5. The van der Waals surface area contributed by atoms with Gasteiger partial charge in [0.15, 0.2) is 0 Å². The highest BCUT2D eigenvalue weighted by Crippen LogP contribution is 2.27. The molecule has 0 unspecified atom stereocenters. The molecule has 1 aliphatic carbocycles. The van der Waals surface area contributed by atoms with Crippen molar-refractivity contribution in [3.63, 3.8) is 0 Å². The summed E-state index contributed by atoms with van der Waals surface area (Å²) in [6, 6.07) is -0.578.